The van der Waals surface area contributed by atoms with Crippen molar-refractivity contribution < 1.29 is 5.11 Å². The summed E-state index contributed by atoms with van der Waals surface area (Å²) in [5, 5.41) is 10.9. The molecule has 2 aliphatic rings. The van der Waals surface area contributed by atoms with Crippen molar-refractivity contribution in [2.75, 3.05) is 32.8 Å². The van der Waals surface area contributed by atoms with Crippen molar-refractivity contribution in [1.29, 1.82) is 0 Å². The van der Waals surface area contributed by atoms with Gasteiger partial charge in [0.25, 0.3) is 0 Å². The summed E-state index contributed by atoms with van der Waals surface area (Å²) in [6.45, 7) is 5.83. The summed E-state index contributed by atoms with van der Waals surface area (Å²) in [5.41, 5.74) is 1.09. The lowest BCUT2D eigenvalue weighted by Gasteiger charge is -2.44. The smallest absolute Gasteiger partial charge is 0.104 e. The van der Waals surface area contributed by atoms with Crippen LogP contribution in [0.15, 0.2) is 11.4 Å². The van der Waals surface area contributed by atoms with Gasteiger partial charge in [-0.25, -0.2) is 0 Å². The predicted molar refractivity (Wildman–Crippen MR) is 82.8 cm³/mol. The predicted octanol–water partition coefficient (Wildman–Crippen LogP) is 1.76. The van der Waals surface area contributed by atoms with Crippen LogP contribution < -0.4 is 0 Å². The molecule has 1 unspecified atom stereocenters. The monoisotopic (exact) mass is 290 g/mol. The molecule has 3 nitrogen and oxygen atoms in total. The van der Waals surface area contributed by atoms with Gasteiger partial charge in [-0.15, -0.1) is 11.3 Å². The van der Waals surface area contributed by atoms with Crippen molar-refractivity contribution in [1.82, 2.24) is 9.80 Å². The van der Waals surface area contributed by atoms with Gasteiger partial charge in [-0.3, -0.25) is 9.80 Å². The van der Waals surface area contributed by atoms with Crippen LogP contribution in [-0.4, -0.2) is 53.7 Å². The quantitative estimate of drug-likeness (QED) is 0.841. The fourth-order valence-corrected chi connectivity index (χ4v) is 4.15. The highest BCUT2D eigenvalue weighted by molar-refractivity contribution is 7.10. The van der Waals surface area contributed by atoms with Crippen molar-refractivity contribution in [3.8, 4) is 11.8 Å². The van der Waals surface area contributed by atoms with Gasteiger partial charge >= 0.3 is 0 Å². The van der Waals surface area contributed by atoms with Crippen LogP contribution in [0.3, 0.4) is 0 Å². The molecule has 0 radical (unpaired) electrons. The molecule has 0 amide bonds. The molecule has 0 aliphatic carbocycles. The molecule has 1 aromatic rings. The minimum absolute atomic E-state index is 0.0595. The van der Waals surface area contributed by atoms with Gasteiger partial charge in [-0.05, 0) is 30.8 Å². The van der Waals surface area contributed by atoms with Crippen LogP contribution in [0.5, 0.6) is 0 Å². The summed E-state index contributed by atoms with van der Waals surface area (Å²) in [6, 6.07) is 2.84. The molecule has 2 saturated heterocycles. The Balaban J connectivity index is 1.62. The second kappa shape index (κ2) is 6.73. The topological polar surface area (TPSA) is 26.7 Å². The molecule has 108 valence electrons. The van der Waals surface area contributed by atoms with E-state index in [1.54, 1.807) is 11.3 Å². The van der Waals surface area contributed by atoms with Gasteiger partial charge in [0, 0.05) is 42.7 Å². The average molecular weight is 290 g/mol. The van der Waals surface area contributed by atoms with Gasteiger partial charge in [0.05, 0.1) is 0 Å². The molecule has 20 heavy (non-hydrogen) atoms. The number of nitrogens with zero attached hydrogens (tertiary/aromatic N) is 2. The molecule has 4 heteroatoms. The van der Waals surface area contributed by atoms with Crippen molar-refractivity contribution in [3.63, 3.8) is 0 Å². The number of aliphatic hydroxyl groups is 1. The van der Waals surface area contributed by atoms with E-state index < -0.39 is 0 Å². The highest BCUT2D eigenvalue weighted by Crippen LogP contribution is 2.24. The summed E-state index contributed by atoms with van der Waals surface area (Å²) < 4.78 is 0. The zero-order chi connectivity index (χ0) is 13.8. The summed E-state index contributed by atoms with van der Waals surface area (Å²) in [4.78, 5) is 6.58. The van der Waals surface area contributed by atoms with Gasteiger partial charge in [-0.1, -0.05) is 18.3 Å². The van der Waals surface area contributed by atoms with Crippen molar-refractivity contribution in [3.05, 3.63) is 21.9 Å². The van der Waals surface area contributed by atoms with E-state index in [1.807, 2.05) is 0 Å². The van der Waals surface area contributed by atoms with Gasteiger partial charge in [-0.2, -0.15) is 0 Å². The second-order valence-electron chi connectivity index (χ2n) is 5.64. The highest BCUT2D eigenvalue weighted by Gasteiger charge is 2.28. The molecule has 1 atom stereocenters. The summed E-state index contributed by atoms with van der Waals surface area (Å²) >= 11 is 1.78. The maximum absolute atomic E-state index is 8.82. The fraction of sp³-hybridized carbons (Fsp3) is 0.625. The first-order valence-electron chi connectivity index (χ1n) is 7.49. The number of fused-ring (bicyclic) bond motifs is 1. The van der Waals surface area contributed by atoms with Crippen LogP contribution in [0.1, 0.15) is 29.7 Å². The minimum Gasteiger partial charge on any atom is -0.384 e. The Bertz CT molecular complexity index is 502. The van der Waals surface area contributed by atoms with Crippen LogP contribution >= 0.6 is 11.3 Å². The van der Waals surface area contributed by atoms with Crippen molar-refractivity contribution >= 4 is 11.3 Å². The Morgan fingerprint density at radius 1 is 1.30 bits per heavy atom. The summed E-state index contributed by atoms with van der Waals surface area (Å²) in [6.07, 6.45) is 4.13. The third-order valence-electron chi connectivity index (χ3n) is 4.34. The SMILES string of the molecule is OCC#Cc1ccsc1CN1CCN2CCCCC2C1. The van der Waals surface area contributed by atoms with Gasteiger partial charge in [0.2, 0.25) is 0 Å². The molecule has 0 aromatic carbocycles. The van der Waals surface area contributed by atoms with E-state index in [4.69, 9.17) is 5.11 Å². The molecule has 0 saturated carbocycles. The van der Waals surface area contributed by atoms with E-state index in [0.29, 0.717) is 0 Å². The first-order valence-corrected chi connectivity index (χ1v) is 8.37. The van der Waals surface area contributed by atoms with Crippen LogP contribution in [0.4, 0.5) is 0 Å². The third kappa shape index (κ3) is 3.24. The molecule has 3 rings (SSSR count). The Hall–Kier alpha value is -0.860. The van der Waals surface area contributed by atoms with Crippen LogP contribution in [-0.2, 0) is 6.54 Å². The Morgan fingerprint density at radius 2 is 2.25 bits per heavy atom. The van der Waals surface area contributed by atoms with Gasteiger partial charge in [0.1, 0.15) is 6.61 Å². The Kier molecular flexibility index (Phi) is 4.74. The minimum atomic E-state index is -0.0595. The molecule has 3 heterocycles. The van der Waals surface area contributed by atoms with Crippen molar-refractivity contribution in [2.24, 2.45) is 0 Å². The fourth-order valence-electron chi connectivity index (χ4n) is 3.28. The third-order valence-corrected chi connectivity index (χ3v) is 5.24. The maximum Gasteiger partial charge on any atom is 0.104 e. The number of aliphatic hydroxyl groups excluding tert-OH is 1. The zero-order valence-electron chi connectivity index (χ0n) is 11.8. The van der Waals surface area contributed by atoms with Gasteiger partial charge < -0.3 is 5.11 Å². The number of piperazine rings is 1. The van der Waals surface area contributed by atoms with E-state index >= 15 is 0 Å². The Labute approximate surface area is 125 Å². The lowest BCUT2D eigenvalue weighted by Crippen LogP contribution is -2.54. The first-order chi connectivity index (χ1) is 9.86. The van der Waals surface area contributed by atoms with Gasteiger partial charge in [0.15, 0.2) is 0 Å². The largest absolute Gasteiger partial charge is 0.384 e. The zero-order valence-corrected chi connectivity index (χ0v) is 12.7. The number of hydrogen-bond donors (Lipinski definition) is 1. The first kappa shape index (κ1) is 14.1. The Morgan fingerprint density at radius 3 is 3.15 bits per heavy atom. The van der Waals surface area contributed by atoms with E-state index in [-0.39, 0.29) is 6.61 Å². The molecular weight excluding hydrogens is 268 g/mol. The maximum atomic E-state index is 8.82. The average Bonchev–Trinajstić information content (AvgIpc) is 2.92. The molecule has 0 bridgehead atoms. The summed E-state index contributed by atoms with van der Waals surface area (Å²) in [7, 11) is 0. The van der Waals surface area contributed by atoms with Crippen LogP contribution in [0, 0.1) is 11.8 Å². The number of piperidine rings is 1. The molecular formula is C16H22N2OS. The number of thiophene rings is 1. The molecule has 1 aromatic heterocycles. The number of hydrogen-bond acceptors (Lipinski definition) is 4. The van der Waals surface area contributed by atoms with E-state index in [2.05, 4.69) is 33.1 Å². The van der Waals surface area contributed by atoms with E-state index in [1.165, 1.54) is 50.3 Å². The number of rotatable bonds is 2. The highest BCUT2D eigenvalue weighted by atomic mass is 32.1. The van der Waals surface area contributed by atoms with E-state index in [0.717, 1.165) is 18.2 Å². The standard InChI is InChI=1S/C16H22N2OS/c19-10-3-4-14-6-11-20-16(14)13-17-8-9-18-7-2-1-5-15(18)12-17/h6,11,15,19H,1-2,5,7-10,12-13H2. The van der Waals surface area contributed by atoms with Crippen LogP contribution in [0.2, 0.25) is 0 Å². The lowest BCUT2D eigenvalue weighted by molar-refractivity contribution is 0.0461. The van der Waals surface area contributed by atoms with Crippen LogP contribution in [0.25, 0.3) is 0 Å². The molecule has 1 N–H and O–H groups in total. The molecule has 2 aliphatic heterocycles. The molecule has 2 fully saturated rings. The lowest BCUT2D eigenvalue weighted by atomic mass is 9.99. The van der Waals surface area contributed by atoms with E-state index in [9.17, 15) is 0 Å². The molecule has 0 spiro atoms. The second-order valence-corrected chi connectivity index (χ2v) is 6.64. The normalized spacial score (nSPS) is 23.9. The summed E-state index contributed by atoms with van der Waals surface area (Å²) in [5.74, 6) is 5.82. The van der Waals surface area contributed by atoms with Crippen molar-refractivity contribution in [2.45, 2.75) is 31.8 Å².